The van der Waals surface area contributed by atoms with Crippen LogP contribution in [0.5, 0.6) is 0 Å². The maximum absolute atomic E-state index is 13.8. The highest BCUT2D eigenvalue weighted by Gasteiger charge is 2.46. The number of likely N-dealkylation sites (tertiary alicyclic amines) is 1. The Bertz CT molecular complexity index is 1500. The number of fused-ring (bicyclic) bond motifs is 1. The number of carbonyl (C=O) groups is 2. The molecule has 3 aliphatic rings. The van der Waals surface area contributed by atoms with E-state index in [0.717, 1.165) is 82.9 Å². The molecule has 0 bridgehead atoms. The fourth-order valence-corrected chi connectivity index (χ4v) is 8.17. The van der Waals surface area contributed by atoms with Crippen LogP contribution in [-0.2, 0) is 12.0 Å². The van der Waals surface area contributed by atoms with Gasteiger partial charge in [-0.1, -0.05) is 48.4 Å². The van der Waals surface area contributed by atoms with Crippen molar-refractivity contribution in [2.45, 2.75) is 75.8 Å². The molecule has 7 heteroatoms. The minimum Gasteiger partial charge on any atom is -0.345 e. The second-order valence-corrected chi connectivity index (χ2v) is 13.8. The van der Waals surface area contributed by atoms with Crippen LogP contribution in [0.4, 0.5) is 4.39 Å². The number of aryl methyl sites for hydroxylation is 1. The van der Waals surface area contributed by atoms with E-state index in [1.165, 1.54) is 11.1 Å². The topological polar surface area (TPSA) is 52.6 Å². The maximum atomic E-state index is 13.8. The number of piperidine rings is 1. The summed E-state index contributed by atoms with van der Waals surface area (Å²) in [5.41, 5.74) is 4.78. The Kier molecular flexibility index (Phi) is 8.85. The Labute approximate surface area is 265 Å². The van der Waals surface area contributed by atoms with E-state index in [2.05, 4.69) is 30.4 Å². The largest absolute Gasteiger partial charge is 0.345 e. The van der Waals surface area contributed by atoms with Crippen molar-refractivity contribution in [3.63, 3.8) is 0 Å². The van der Waals surface area contributed by atoms with Crippen molar-refractivity contribution >= 4 is 23.4 Å². The lowest BCUT2D eigenvalue weighted by Gasteiger charge is -2.52. The summed E-state index contributed by atoms with van der Waals surface area (Å²) in [6.07, 6.45) is 10.1. The van der Waals surface area contributed by atoms with Gasteiger partial charge in [0.1, 0.15) is 5.82 Å². The minimum atomic E-state index is -0.196. The van der Waals surface area contributed by atoms with E-state index in [4.69, 9.17) is 11.6 Å². The van der Waals surface area contributed by atoms with E-state index in [0.29, 0.717) is 16.1 Å². The van der Waals surface area contributed by atoms with Crippen LogP contribution in [0, 0.1) is 11.2 Å². The molecule has 0 radical (unpaired) electrons. The van der Waals surface area contributed by atoms with Crippen LogP contribution >= 0.6 is 11.6 Å². The smallest absolute Gasteiger partial charge is 0.253 e. The van der Waals surface area contributed by atoms with Crippen molar-refractivity contribution in [2.75, 3.05) is 27.2 Å². The van der Waals surface area contributed by atoms with Gasteiger partial charge in [-0.2, -0.15) is 0 Å². The first-order chi connectivity index (χ1) is 21.2. The third kappa shape index (κ3) is 6.03. The molecule has 0 aromatic heterocycles. The summed E-state index contributed by atoms with van der Waals surface area (Å²) in [7, 11) is 4.27. The van der Waals surface area contributed by atoms with E-state index in [-0.39, 0.29) is 34.6 Å². The van der Waals surface area contributed by atoms with Gasteiger partial charge < -0.3 is 10.2 Å². The Hall–Kier alpha value is -3.22. The van der Waals surface area contributed by atoms with Crippen molar-refractivity contribution in [2.24, 2.45) is 5.41 Å². The lowest BCUT2D eigenvalue weighted by atomic mass is 9.61. The number of carbonyl (C=O) groups excluding carboxylic acids is 2. The lowest BCUT2D eigenvalue weighted by molar-refractivity contribution is -0.000343. The summed E-state index contributed by atoms with van der Waals surface area (Å²) in [4.78, 5) is 31.3. The molecule has 3 aromatic carbocycles. The molecule has 6 rings (SSSR count). The summed E-state index contributed by atoms with van der Waals surface area (Å²) in [5.74, 6) is -0.302. The van der Waals surface area contributed by atoms with Gasteiger partial charge in [0.05, 0.1) is 16.6 Å². The van der Waals surface area contributed by atoms with E-state index in [1.54, 1.807) is 24.3 Å². The number of amides is 2. The SMILES string of the molecule is CN(C)C1(c2ccc(F)cc2)CCC2(CCN(C(=O)c3ccc4c(c3)C(NC(=O)c3ccccc3Cl)CCCC4)CC2)CC1. The van der Waals surface area contributed by atoms with E-state index in [9.17, 15) is 14.0 Å². The minimum absolute atomic E-state index is 0.0767. The van der Waals surface area contributed by atoms with Crippen LogP contribution in [0.2, 0.25) is 5.02 Å². The van der Waals surface area contributed by atoms with Gasteiger partial charge in [0, 0.05) is 24.2 Å². The number of hydrogen-bond donors (Lipinski definition) is 1. The van der Waals surface area contributed by atoms with Crippen LogP contribution in [0.1, 0.15) is 101 Å². The number of nitrogens with zero attached hydrogens (tertiary/aromatic N) is 2. The predicted octanol–water partition coefficient (Wildman–Crippen LogP) is 7.93. The molecule has 2 amide bonds. The van der Waals surface area contributed by atoms with Crippen molar-refractivity contribution in [3.8, 4) is 0 Å². The summed E-state index contributed by atoms with van der Waals surface area (Å²) < 4.78 is 13.7. The standard InChI is InChI=1S/C37H43ClFN3O2/c1-41(2)37(28-13-15-29(39)16-14-28)19-17-36(18-20-37)21-23-42(24-22-36)35(44)27-12-11-26-7-3-6-10-33(31(26)25-27)40-34(43)30-8-4-5-9-32(30)38/h4-5,8-9,11-16,25,33H,3,6-7,10,17-24H2,1-2H3,(H,40,43). The Morgan fingerprint density at radius 3 is 2.30 bits per heavy atom. The average Bonchev–Trinajstić information content (AvgIpc) is 3.23. The molecular weight excluding hydrogens is 573 g/mol. The molecule has 5 nitrogen and oxygen atoms in total. The summed E-state index contributed by atoms with van der Waals surface area (Å²) in [6.45, 7) is 1.52. The summed E-state index contributed by atoms with van der Waals surface area (Å²) in [6, 6.07) is 20.1. The van der Waals surface area contributed by atoms with Gasteiger partial charge in [0.2, 0.25) is 0 Å². The normalized spacial score (nSPS) is 21.0. The zero-order valence-electron chi connectivity index (χ0n) is 25.9. The molecule has 3 aromatic rings. The molecule has 1 saturated carbocycles. The zero-order valence-corrected chi connectivity index (χ0v) is 26.6. The highest BCUT2D eigenvalue weighted by atomic mass is 35.5. The Balaban J connectivity index is 1.13. The fraction of sp³-hybridized carbons (Fsp3) is 0.459. The van der Waals surface area contributed by atoms with Crippen LogP contribution in [0.15, 0.2) is 66.7 Å². The first-order valence-electron chi connectivity index (χ1n) is 16.1. The quantitative estimate of drug-likeness (QED) is 0.297. The van der Waals surface area contributed by atoms with Crippen molar-refractivity contribution in [1.29, 1.82) is 0 Å². The number of hydrogen-bond acceptors (Lipinski definition) is 3. The Morgan fingerprint density at radius 2 is 1.61 bits per heavy atom. The van der Waals surface area contributed by atoms with Crippen LogP contribution in [-0.4, -0.2) is 48.8 Å². The molecule has 1 aliphatic heterocycles. The molecule has 1 N–H and O–H groups in total. The van der Waals surface area contributed by atoms with Crippen LogP contribution in [0.25, 0.3) is 0 Å². The number of halogens is 2. The van der Waals surface area contributed by atoms with Crippen LogP contribution in [0.3, 0.4) is 0 Å². The third-order valence-electron chi connectivity index (χ3n) is 10.9. The monoisotopic (exact) mass is 615 g/mol. The molecule has 1 heterocycles. The molecule has 1 unspecified atom stereocenters. The fourth-order valence-electron chi connectivity index (χ4n) is 7.95. The van der Waals surface area contributed by atoms with Gasteiger partial charge in [-0.15, -0.1) is 0 Å². The lowest BCUT2D eigenvalue weighted by Crippen LogP contribution is -2.50. The Morgan fingerprint density at radius 1 is 0.909 bits per heavy atom. The van der Waals surface area contributed by atoms with Gasteiger partial charge in [-0.05, 0) is 130 Å². The van der Waals surface area contributed by atoms with E-state index >= 15 is 0 Å². The first-order valence-corrected chi connectivity index (χ1v) is 16.5. The van der Waals surface area contributed by atoms with Crippen molar-refractivity contribution in [1.82, 2.24) is 15.1 Å². The molecule has 232 valence electrons. The van der Waals surface area contributed by atoms with Crippen molar-refractivity contribution in [3.05, 3.63) is 105 Å². The van der Waals surface area contributed by atoms with Crippen LogP contribution < -0.4 is 5.32 Å². The zero-order chi connectivity index (χ0) is 30.9. The maximum Gasteiger partial charge on any atom is 0.253 e. The highest BCUT2D eigenvalue weighted by Crippen LogP contribution is 2.52. The first kappa shape index (κ1) is 30.8. The second-order valence-electron chi connectivity index (χ2n) is 13.4. The summed E-state index contributed by atoms with van der Waals surface area (Å²) >= 11 is 6.31. The number of rotatable bonds is 5. The van der Waals surface area contributed by atoms with Gasteiger partial charge in [0.15, 0.2) is 0 Å². The van der Waals surface area contributed by atoms with Crippen molar-refractivity contribution < 1.29 is 14.0 Å². The average molecular weight is 616 g/mol. The van der Waals surface area contributed by atoms with E-state index < -0.39 is 0 Å². The van der Waals surface area contributed by atoms with E-state index in [1.807, 2.05) is 41.3 Å². The molecule has 44 heavy (non-hydrogen) atoms. The molecule has 1 atom stereocenters. The predicted molar refractivity (Wildman–Crippen MR) is 173 cm³/mol. The second kappa shape index (κ2) is 12.6. The van der Waals surface area contributed by atoms with Gasteiger partial charge in [-0.3, -0.25) is 14.5 Å². The van der Waals surface area contributed by atoms with Gasteiger partial charge >= 0.3 is 0 Å². The molecular formula is C37H43ClFN3O2. The molecule has 2 fully saturated rings. The number of nitrogens with one attached hydrogen (secondary N) is 1. The summed E-state index contributed by atoms with van der Waals surface area (Å²) in [5, 5.41) is 3.65. The van der Waals surface area contributed by atoms with Gasteiger partial charge in [-0.25, -0.2) is 4.39 Å². The molecule has 1 saturated heterocycles. The number of benzene rings is 3. The highest BCUT2D eigenvalue weighted by molar-refractivity contribution is 6.33. The van der Waals surface area contributed by atoms with Gasteiger partial charge in [0.25, 0.3) is 11.8 Å². The molecule has 2 aliphatic carbocycles. The molecule has 1 spiro atoms. The third-order valence-corrected chi connectivity index (χ3v) is 11.2.